The summed E-state index contributed by atoms with van der Waals surface area (Å²) in [4.78, 5) is 15.1. The van der Waals surface area contributed by atoms with Crippen LogP contribution >= 0.6 is 11.8 Å². The summed E-state index contributed by atoms with van der Waals surface area (Å²) in [6, 6.07) is 1.87. The van der Waals surface area contributed by atoms with Crippen molar-refractivity contribution in [2.24, 2.45) is 0 Å². The smallest absolute Gasteiger partial charge is 0.271 e. The maximum absolute atomic E-state index is 12.4. The number of carbonyl (C=O) groups excluding carboxylic acids is 1. The maximum atomic E-state index is 12.4. The molecule has 2 aliphatic rings. The van der Waals surface area contributed by atoms with Gasteiger partial charge in [0.05, 0.1) is 0 Å². The highest BCUT2D eigenvalue weighted by molar-refractivity contribution is 7.99. The first-order valence-electron chi connectivity index (χ1n) is 8.77. The van der Waals surface area contributed by atoms with Gasteiger partial charge in [-0.15, -0.1) is 0 Å². The summed E-state index contributed by atoms with van der Waals surface area (Å²) < 4.78 is 0. The molecule has 0 aromatic carbocycles. The number of nitrogens with one attached hydrogen (secondary N) is 2. The SMILES string of the molecule is CC(C)c1cc(C(=O)NCC2(N3CCSCC3)CCCC2)n[nH]1. The van der Waals surface area contributed by atoms with Gasteiger partial charge in [0.15, 0.2) is 0 Å². The van der Waals surface area contributed by atoms with Crippen molar-refractivity contribution in [2.75, 3.05) is 31.1 Å². The van der Waals surface area contributed by atoms with E-state index in [1.54, 1.807) is 0 Å². The lowest BCUT2D eigenvalue weighted by atomic mass is 9.94. The zero-order valence-corrected chi connectivity index (χ0v) is 15.0. The van der Waals surface area contributed by atoms with Gasteiger partial charge in [0.1, 0.15) is 5.69 Å². The summed E-state index contributed by atoms with van der Waals surface area (Å²) in [7, 11) is 0. The predicted octanol–water partition coefficient (Wildman–Crippen LogP) is 2.62. The summed E-state index contributed by atoms with van der Waals surface area (Å²) in [6.07, 6.45) is 4.96. The van der Waals surface area contributed by atoms with Gasteiger partial charge in [0.25, 0.3) is 5.91 Å². The van der Waals surface area contributed by atoms with Gasteiger partial charge >= 0.3 is 0 Å². The van der Waals surface area contributed by atoms with E-state index in [9.17, 15) is 4.79 Å². The van der Waals surface area contributed by atoms with E-state index >= 15 is 0 Å². The van der Waals surface area contributed by atoms with E-state index in [4.69, 9.17) is 0 Å². The number of thioether (sulfide) groups is 1. The number of rotatable bonds is 5. The number of hydrogen-bond acceptors (Lipinski definition) is 4. The number of amides is 1. The van der Waals surface area contributed by atoms with E-state index in [1.165, 1.54) is 37.2 Å². The molecule has 1 aromatic rings. The van der Waals surface area contributed by atoms with Crippen LogP contribution in [0.25, 0.3) is 0 Å². The van der Waals surface area contributed by atoms with Crippen molar-refractivity contribution in [3.05, 3.63) is 17.5 Å². The van der Waals surface area contributed by atoms with Crippen LogP contribution in [0.15, 0.2) is 6.07 Å². The van der Waals surface area contributed by atoms with Gasteiger partial charge in [-0.3, -0.25) is 14.8 Å². The van der Waals surface area contributed by atoms with Gasteiger partial charge in [0, 0.05) is 42.4 Å². The van der Waals surface area contributed by atoms with Crippen molar-refractivity contribution >= 4 is 17.7 Å². The van der Waals surface area contributed by atoms with E-state index in [1.807, 2.05) is 17.8 Å². The van der Waals surface area contributed by atoms with Crippen molar-refractivity contribution in [3.63, 3.8) is 0 Å². The van der Waals surface area contributed by atoms with Gasteiger partial charge in [-0.05, 0) is 24.8 Å². The van der Waals surface area contributed by atoms with Gasteiger partial charge < -0.3 is 5.32 Å². The first kappa shape index (κ1) is 16.8. The second-order valence-corrected chi connectivity index (χ2v) is 8.30. The van der Waals surface area contributed by atoms with E-state index in [0.29, 0.717) is 11.6 Å². The summed E-state index contributed by atoms with van der Waals surface area (Å²) in [5, 5.41) is 10.3. The molecule has 128 valence electrons. The Morgan fingerprint density at radius 3 is 2.70 bits per heavy atom. The quantitative estimate of drug-likeness (QED) is 0.868. The van der Waals surface area contributed by atoms with Crippen LogP contribution in [-0.4, -0.2) is 57.7 Å². The number of nitrogens with zero attached hydrogens (tertiary/aromatic N) is 2. The Bertz CT molecular complexity index is 530. The summed E-state index contributed by atoms with van der Waals surface area (Å²) >= 11 is 2.04. The molecule has 1 aromatic heterocycles. The van der Waals surface area contributed by atoms with Gasteiger partial charge in [-0.1, -0.05) is 26.7 Å². The summed E-state index contributed by atoms with van der Waals surface area (Å²) in [5.74, 6) is 2.74. The van der Waals surface area contributed by atoms with Crippen molar-refractivity contribution < 1.29 is 4.79 Å². The fourth-order valence-electron chi connectivity index (χ4n) is 3.76. The number of aromatic nitrogens is 2. The summed E-state index contributed by atoms with van der Waals surface area (Å²) in [5.41, 5.74) is 1.70. The molecule has 23 heavy (non-hydrogen) atoms. The lowest BCUT2D eigenvalue weighted by Crippen LogP contribution is -2.56. The van der Waals surface area contributed by atoms with Crippen LogP contribution < -0.4 is 5.32 Å². The molecule has 1 saturated heterocycles. The van der Waals surface area contributed by atoms with E-state index < -0.39 is 0 Å². The van der Waals surface area contributed by atoms with Gasteiger partial charge in [-0.25, -0.2) is 0 Å². The molecule has 2 fully saturated rings. The Morgan fingerprint density at radius 1 is 1.39 bits per heavy atom. The molecule has 0 unspecified atom stereocenters. The fourth-order valence-corrected chi connectivity index (χ4v) is 4.66. The molecule has 1 amide bonds. The molecule has 0 bridgehead atoms. The highest BCUT2D eigenvalue weighted by Crippen LogP contribution is 2.36. The largest absolute Gasteiger partial charge is 0.349 e. The summed E-state index contributed by atoms with van der Waals surface area (Å²) in [6.45, 7) is 7.25. The normalized spacial score (nSPS) is 21.7. The lowest BCUT2D eigenvalue weighted by molar-refractivity contribution is 0.0813. The van der Waals surface area contributed by atoms with Crippen molar-refractivity contribution in [1.29, 1.82) is 0 Å². The molecule has 2 heterocycles. The number of carbonyl (C=O) groups is 1. The number of H-pyrrole nitrogens is 1. The topological polar surface area (TPSA) is 61.0 Å². The number of hydrogen-bond donors (Lipinski definition) is 2. The molecular formula is C17H28N4OS. The van der Waals surface area contributed by atoms with Crippen LogP contribution in [0.2, 0.25) is 0 Å². The lowest BCUT2D eigenvalue weighted by Gasteiger charge is -2.43. The van der Waals surface area contributed by atoms with Crippen LogP contribution in [-0.2, 0) is 0 Å². The molecule has 5 nitrogen and oxygen atoms in total. The predicted molar refractivity (Wildman–Crippen MR) is 95.1 cm³/mol. The first-order chi connectivity index (χ1) is 11.1. The Balaban J connectivity index is 1.63. The molecule has 1 saturated carbocycles. The standard InChI is InChI=1S/C17H28N4OS/c1-13(2)14-11-15(20-19-14)16(22)18-12-17(5-3-4-6-17)21-7-9-23-10-8-21/h11,13H,3-10,12H2,1-2H3,(H,18,22)(H,19,20). The Morgan fingerprint density at radius 2 is 2.09 bits per heavy atom. The van der Waals surface area contributed by atoms with E-state index in [2.05, 4.69) is 34.3 Å². The molecule has 0 atom stereocenters. The average Bonchev–Trinajstić information content (AvgIpc) is 3.24. The molecule has 6 heteroatoms. The monoisotopic (exact) mass is 336 g/mol. The molecule has 0 spiro atoms. The molecule has 1 aliphatic heterocycles. The highest BCUT2D eigenvalue weighted by Gasteiger charge is 2.40. The Hall–Kier alpha value is -1.01. The minimum Gasteiger partial charge on any atom is -0.349 e. The molecule has 2 N–H and O–H groups in total. The van der Waals surface area contributed by atoms with Crippen LogP contribution in [0.5, 0.6) is 0 Å². The zero-order valence-electron chi connectivity index (χ0n) is 14.2. The van der Waals surface area contributed by atoms with Crippen molar-refractivity contribution in [2.45, 2.75) is 51.0 Å². The first-order valence-corrected chi connectivity index (χ1v) is 9.92. The fraction of sp³-hybridized carbons (Fsp3) is 0.765. The Kier molecular flexibility index (Phi) is 5.31. The van der Waals surface area contributed by atoms with Crippen LogP contribution in [0.3, 0.4) is 0 Å². The molecule has 0 radical (unpaired) electrons. The van der Waals surface area contributed by atoms with Crippen LogP contribution in [0, 0.1) is 0 Å². The van der Waals surface area contributed by atoms with Gasteiger partial charge in [0.2, 0.25) is 0 Å². The molecule has 1 aliphatic carbocycles. The van der Waals surface area contributed by atoms with Crippen LogP contribution in [0.1, 0.15) is 61.6 Å². The van der Waals surface area contributed by atoms with Gasteiger partial charge in [-0.2, -0.15) is 16.9 Å². The third-order valence-electron chi connectivity index (χ3n) is 5.25. The van der Waals surface area contributed by atoms with E-state index in [0.717, 1.165) is 25.3 Å². The number of aromatic amines is 1. The Labute approximate surface area is 143 Å². The zero-order chi connectivity index (χ0) is 16.3. The second kappa shape index (κ2) is 7.26. The molecule has 3 rings (SSSR count). The second-order valence-electron chi connectivity index (χ2n) is 7.08. The maximum Gasteiger partial charge on any atom is 0.271 e. The van der Waals surface area contributed by atoms with Crippen molar-refractivity contribution in [3.8, 4) is 0 Å². The van der Waals surface area contributed by atoms with Crippen LogP contribution in [0.4, 0.5) is 0 Å². The highest BCUT2D eigenvalue weighted by atomic mass is 32.2. The minimum atomic E-state index is -0.0502. The minimum absolute atomic E-state index is 0.0502. The van der Waals surface area contributed by atoms with Crippen molar-refractivity contribution in [1.82, 2.24) is 20.4 Å². The third kappa shape index (κ3) is 3.74. The molecular weight excluding hydrogens is 308 g/mol. The average molecular weight is 337 g/mol. The third-order valence-corrected chi connectivity index (χ3v) is 6.19. The van der Waals surface area contributed by atoms with E-state index in [-0.39, 0.29) is 11.4 Å².